The number of methoxy groups -OCH3 is 1. The first kappa shape index (κ1) is 22.6. The molecule has 0 radical (unpaired) electrons. The minimum atomic E-state index is -4.12. The van der Waals surface area contributed by atoms with Crippen molar-refractivity contribution in [2.45, 2.75) is 30.9 Å². The fraction of sp³-hybridized carbons (Fsp3) is 0.353. The Kier molecular flexibility index (Phi) is 7.16. The molecule has 0 saturated heterocycles. The first-order chi connectivity index (χ1) is 13.6. The van der Waals surface area contributed by atoms with Gasteiger partial charge in [0.05, 0.1) is 12.2 Å². The van der Waals surface area contributed by atoms with E-state index < -0.39 is 22.0 Å². The van der Waals surface area contributed by atoms with Crippen molar-refractivity contribution in [3.8, 4) is 0 Å². The number of hydrogen-bond donors (Lipinski definition) is 4. The van der Waals surface area contributed by atoms with Gasteiger partial charge in [-0.25, -0.2) is 27.7 Å². The highest BCUT2D eigenvalue weighted by Gasteiger charge is 2.23. The van der Waals surface area contributed by atoms with Crippen molar-refractivity contribution in [2.24, 2.45) is 0 Å². The summed E-state index contributed by atoms with van der Waals surface area (Å²) in [6, 6.07) is 1.52. The van der Waals surface area contributed by atoms with Gasteiger partial charge in [-0.05, 0) is 31.0 Å². The summed E-state index contributed by atoms with van der Waals surface area (Å²) in [6.07, 6.45) is 0.893. The van der Waals surface area contributed by atoms with E-state index in [1.54, 1.807) is 21.0 Å². The molecular formula is C17H22N4O6S2. The van der Waals surface area contributed by atoms with Gasteiger partial charge in [0.25, 0.3) is 10.0 Å². The minimum absolute atomic E-state index is 0.0173. The lowest BCUT2D eigenvalue weighted by Crippen LogP contribution is -2.34. The summed E-state index contributed by atoms with van der Waals surface area (Å²) in [6.45, 7) is 3.94. The van der Waals surface area contributed by atoms with Crippen molar-refractivity contribution in [2.75, 3.05) is 24.8 Å². The number of urea groups is 1. The number of sulfonamides is 1. The van der Waals surface area contributed by atoms with E-state index in [0.717, 1.165) is 27.8 Å². The van der Waals surface area contributed by atoms with Crippen LogP contribution in [0.2, 0.25) is 0 Å². The fourth-order valence-electron chi connectivity index (χ4n) is 2.60. The number of nitrogens with zero attached hydrogens (tertiary/aromatic N) is 1. The lowest BCUT2D eigenvalue weighted by atomic mass is 10.1. The van der Waals surface area contributed by atoms with Crippen LogP contribution in [0.25, 0.3) is 0 Å². The van der Waals surface area contributed by atoms with E-state index in [-0.39, 0.29) is 21.4 Å². The van der Waals surface area contributed by atoms with Crippen molar-refractivity contribution in [3.63, 3.8) is 0 Å². The lowest BCUT2D eigenvalue weighted by Gasteiger charge is -2.11. The Morgan fingerprint density at radius 2 is 2.03 bits per heavy atom. The van der Waals surface area contributed by atoms with Gasteiger partial charge in [0.2, 0.25) is 0 Å². The maximum absolute atomic E-state index is 12.5. The number of nitrogens with two attached hydrogens (primary N) is 1. The molecule has 10 nitrogen and oxygen atoms in total. The molecule has 0 aliphatic carbocycles. The Hall–Kier alpha value is -2.70. The smallest absolute Gasteiger partial charge is 0.336 e. The quantitative estimate of drug-likeness (QED) is 0.483. The molecule has 12 heteroatoms. The largest absolute Gasteiger partial charge is 0.478 e. The number of carboxylic acids is 1. The molecule has 2 amide bonds. The molecule has 0 saturated carbocycles. The summed E-state index contributed by atoms with van der Waals surface area (Å²) >= 11 is 1.04. The Labute approximate surface area is 172 Å². The normalized spacial score (nSPS) is 11.3. The molecule has 5 N–H and O–H groups in total. The monoisotopic (exact) mass is 442 g/mol. The molecule has 0 aliphatic rings. The van der Waals surface area contributed by atoms with Crippen LogP contribution in [-0.4, -0.2) is 44.2 Å². The van der Waals surface area contributed by atoms with Crippen LogP contribution in [-0.2, 0) is 27.6 Å². The van der Waals surface area contributed by atoms with Gasteiger partial charge in [0.15, 0.2) is 0 Å². The number of carboxylic acid groups (broad SMARTS) is 1. The van der Waals surface area contributed by atoms with Crippen LogP contribution in [0.5, 0.6) is 0 Å². The van der Waals surface area contributed by atoms with E-state index in [9.17, 15) is 23.1 Å². The number of amides is 2. The molecule has 2 aromatic rings. The maximum atomic E-state index is 12.5. The van der Waals surface area contributed by atoms with E-state index in [4.69, 9.17) is 10.5 Å². The summed E-state index contributed by atoms with van der Waals surface area (Å²) in [7, 11) is -2.56. The molecule has 2 rings (SSSR count). The Bertz CT molecular complexity index is 1030. The van der Waals surface area contributed by atoms with Gasteiger partial charge < -0.3 is 15.6 Å². The van der Waals surface area contributed by atoms with Crippen LogP contribution in [0.4, 0.5) is 16.4 Å². The number of aryl methyl sites for hydroxylation is 1. The molecule has 0 aromatic carbocycles. The molecule has 2 heterocycles. The lowest BCUT2D eigenvalue weighted by molar-refractivity contribution is 0.0695. The second-order valence-corrected chi connectivity index (χ2v) is 9.10. The number of ether oxygens (including phenoxy) is 1. The Balaban J connectivity index is 2.19. The van der Waals surface area contributed by atoms with E-state index in [0.29, 0.717) is 25.0 Å². The highest BCUT2D eigenvalue weighted by atomic mass is 32.2. The van der Waals surface area contributed by atoms with Gasteiger partial charge in [-0.1, -0.05) is 6.92 Å². The molecular weight excluding hydrogens is 420 g/mol. The summed E-state index contributed by atoms with van der Waals surface area (Å²) in [5, 5.41) is 11.5. The third kappa shape index (κ3) is 5.43. The number of nitrogen functional groups attached to an aromatic ring is 1. The van der Waals surface area contributed by atoms with E-state index in [1.165, 1.54) is 6.07 Å². The van der Waals surface area contributed by atoms with Crippen molar-refractivity contribution in [3.05, 3.63) is 33.7 Å². The molecule has 0 atom stereocenters. The predicted molar refractivity (Wildman–Crippen MR) is 109 cm³/mol. The van der Waals surface area contributed by atoms with Crippen molar-refractivity contribution in [1.29, 1.82) is 0 Å². The standard InChI is InChI=1S/C17H22N4O6S2/c1-4-10-11(16(22)23)8-13(19-15(10)18)20-17(24)21-29(25,26)14-7-9(2)12(28-14)5-6-27-3/h7-8H,4-6H2,1-3H3,(H,22,23)(H4,18,19,20,21,24). The van der Waals surface area contributed by atoms with Gasteiger partial charge in [-0.2, -0.15) is 0 Å². The van der Waals surface area contributed by atoms with Crippen LogP contribution < -0.4 is 15.8 Å². The average molecular weight is 443 g/mol. The number of aromatic carboxylic acids is 1. The zero-order valence-corrected chi connectivity index (χ0v) is 17.7. The van der Waals surface area contributed by atoms with Crippen LogP contribution in [0.3, 0.4) is 0 Å². The number of rotatable bonds is 8. The number of carbonyl (C=O) groups excluding carboxylic acids is 1. The molecule has 2 aromatic heterocycles. The topological polar surface area (TPSA) is 161 Å². The SMILES string of the molecule is CCc1c(C(=O)O)cc(NC(=O)NS(=O)(=O)c2cc(C)c(CCOC)s2)nc1N. The predicted octanol–water partition coefficient (Wildman–Crippen LogP) is 1.99. The van der Waals surface area contributed by atoms with Gasteiger partial charge in [-0.3, -0.25) is 5.32 Å². The summed E-state index contributed by atoms with van der Waals surface area (Å²) in [4.78, 5) is 28.3. The third-order valence-electron chi connectivity index (χ3n) is 4.00. The Morgan fingerprint density at radius 3 is 2.62 bits per heavy atom. The van der Waals surface area contributed by atoms with Gasteiger partial charge in [0, 0.05) is 24.0 Å². The zero-order valence-electron chi connectivity index (χ0n) is 16.1. The second-order valence-electron chi connectivity index (χ2n) is 6.05. The number of aromatic nitrogens is 1. The molecule has 0 aliphatic heterocycles. The van der Waals surface area contributed by atoms with Gasteiger partial charge in [0.1, 0.15) is 15.8 Å². The first-order valence-electron chi connectivity index (χ1n) is 8.53. The number of nitrogens with one attached hydrogen (secondary N) is 2. The van der Waals surface area contributed by atoms with E-state index in [1.807, 2.05) is 4.72 Å². The average Bonchev–Trinajstić information content (AvgIpc) is 3.00. The highest BCUT2D eigenvalue weighted by Crippen LogP contribution is 2.26. The third-order valence-corrected chi connectivity index (χ3v) is 7.11. The van der Waals surface area contributed by atoms with Crippen molar-refractivity contribution in [1.82, 2.24) is 9.71 Å². The summed E-state index contributed by atoms with van der Waals surface area (Å²) < 4.78 is 31.8. The van der Waals surface area contributed by atoms with Crippen LogP contribution in [0.1, 0.15) is 33.3 Å². The molecule has 29 heavy (non-hydrogen) atoms. The van der Waals surface area contributed by atoms with Gasteiger partial charge >= 0.3 is 12.0 Å². The van der Waals surface area contributed by atoms with Crippen molar-refractivity contribution < 1.29 is 27.9 Å². The van der Waals surface area contributed by atoms with Gasteiger partial charge in [-0.15, -0.1) is 11.3 Å². The maximum Gasteiger partial charge on any atom is 0.336 e. The van der Waals surface area contributed by atoms with Crippen molar-refractivity contribution >= 4 is 45.0 Å². The minimum Gasteiger partial charge on any atom is -0.478 e. The molecule has 0 bridgehead atoms. The number of hydrogen-bond acceptors (Lipinski definition) is 8. The van der Waals surface area contributed by atoms with Crippen LogP contribution >= 0.6 is 11.3 Å². The molecule has 0 spiro atoms. The van der Waals surface area contributed by atoms with Crippen LogP contribution in [0.15, 0.2) is 16.3 Å². The number of thiophene rings is 1. The number of carbonyl (C=O) groups is 2. The molecule has 158 valence electrons. The summed E-state index contributed by atoms with van der Waals surface area (Å²) in [5.41, 5.74) is 6.74. The first-order valence-corrected chi connectivity index (χ1v) is 10.8. The highest BCUT2D eigenvalue weighted by molar-refractivity contribution is 7.92. The Morgan fingerprint density at radius 1 is 1.34 bits per heavy atom. The number of pyridine rings is 1. The summed E-state index contributed by atoms with van der Waals surface area (Å²) in [5.74, 6) is -1.46. The zero-order chi connectivity index (χ0) is 21.8. The fourth-order valence-corrected chi connectivity index (χ4v) is 5.07. The molecule has 0 unspecified atom stereocenters. The van der Waals surface area contributed by atoms with E-state index >= 15 is 0 Å². The molecule has 0 fully saturated rings. The second kappa shape index (κ2) is 9.20. The van der Waals surface area contributed by atoms with E-state index in [2.05, 4.69) is 10.3 Å². The van der Waals surface area contributed by atoms with Crippen LogP contribution in [0, 0.1) is 6.92 Å². The number of anilines is 2.